The summed E-state index contributed by atoms with van der Waals surface area (Å²) < 4.78 is 32.2. The molecule has 1 atom stereocenters. The Balaban J connectivity index is 2.22. The standard InChI is InChI=1S/C12H15F2NO/c13-9-2-1-3-10(14)11(9)12(15)8-4-6-16-7-5-8/h1-3,8,12H,4-7,15H2/t12-/m0/s1. The zero-order chi connectivity index (χ0) is 11.5. The van der Waals surface area contributed by atoms with E-state index in [4.69, 9.17) is 10.5 Å². The highest BCUT2D eigenvalue weighted by Gasteiger charge is 2.26. The van der Waals surface area contributed by atoms with Gasteiger partial charge in [-0.05, 0) is 30.9 Å². The maximum absolute atomic E-state index is 13.5. The van der Waals surface area contributed by atoms with Crippen molar-refractivity contribution in [3.05, 3.63) is 35.4 Å². The van der Waals surface area contributed by atoms with Crippen LogP contribution in [0.5, 0.6) is 0 Å². The van der Waals surface area contributed by atoms with E-state index < -0.39 is 17.7 Å². The quantitative estimate of drug-likeness (QED) is 0.842. The summed E-state index contributed by atoms with van der Waals surface area (Å²) >= 11 is 0. The normalized spacial score (nSPS) is 19.7. The summed E-state index contributed by atoms with van der Waals surface area (Å²) in [7, 11) is 0. The molecule has 88 valence electrons. The van der Waals surface area contributed by atoms with Gasteiger partial charge in [-0.2, -0.15) is 0 Å². The lowest BCUT2D eigenvalue weighted by atomic mass is 9.87. The average molecular weight is 227 g/mol. The number of hydrogen-bond donors (Lipinski definition) is 1. The van der Waals surface area contributed by atoms with Crippen LogP contribution in [0.25, 0.3) is 0 Å². The van der Waals surface area contributed by atoms with Gasteiger partial charge in [0.05, 0.1) is 0 Å². The molecule has 0 unspecified atom stereocenters. The molecule has 0 spiro atoms. The van der Waals surface area contributed by atoms with Gasteiger partial charge in [0.2, 0.25) is 0 Å². The lowest BCUT2D eigenvalue weighted by Gasteiger charge is -2.28. The molecule has 1 aromatic carbocycles. The van der Waals surface area contributed by atoms with Crippen LogP contribution in [0.1, 0.15) is 24.4 Å². The van der Waals surface area contributed by atoms with Gasteiger partial charge >= 0.3 is 0 Å². The third-order valence-corrected chi connectivity index (χ3v) is 3.11. The van der Waals surface area contributed by atoms with Crippen molar-refractivity contribution >= 4 is 0 Å². The summed E-state index contributed by atoms with van der Waals surface area (Å²) in [4.78, 5) is 0. The molecule has 4 heteroatoms. The molecule has 0 aromatic heterocycles. The van der Waals surface area contributed by atoms with Crippen LogP contribution < -0.4 is 5.73 Å². The zero-order valence-corrected chi connectivity index (χ0v) is 8.96. The fraction of sp³-hybridized carbons (Fsp3) is 0.500. The molecule has 16 heavy (non-hydrogen) atoms. The van der Waals surface area contributed by atoms with E-state index in [0.717, 1.165) is 12.8 Å². The predicted octanol–water partition coefficient (Wildman–Crippen LogP) is 2.39. The van der Waals surface area contributed by atoms with Crippen LogP contribution in [-0.2, 0) is 4.74 Å². The topological polar surface area (TPSA) is 35.2 Å². The Morgan fingerprint density at radius 2 is 1.75 bits per heavy atom. The predicted molar refractivity (Wildman–Crippen MR) is 56.8 cm³/mol. The molecule has 1 fully saturated rings. The van der Waals surface area contributed by atoms with E-state index in [0.29, 0.717) is 13.2 Å². The van der Waals surface area contributed by atoms with Gasteiger partial charge in [-0.25, -0.2) is 8.78 Å². The number of hydrogen-bond acceptors (Lipinski definition) is 2. The van der Waals surface area contributed by atoms with Crippen LogP contribution in [0.3, 0.4) is 0 Å². The molecule has 1 heterocycles. The van der Waals surface area contributed by atoms with E-state index in [1.807, 2.05) is 0 Å². The average Bonchev–Trinajstić information content (AvgIpc) is 2.30. The van der Waals surface area contributed by atoms with E-state index in [-0.39, 0.29) is 11.5 Å². The van der Waals surface area contributed by atoms with Crippen LogP contribution in [0.15, 0.2) is 18.2 Å². The third-order valence-electron chi connectivity index (χ3n) is 3.11. The van der Waals surface area contributed by atoms with Gasteiger partial charge in [-0.3, -0.25) is 0 Å². The van der Waals surface area contributed by atoms with Gasteiger partial charge in [-0.1, -0.05) is 6.07 Å². The lowest BCUT2D eigenvalue weighted by molar-refractivity contribution is 0.0576. The third kappa shape index (κ3) is 2.23. The fourth-order valence-electron chi connectivity index (χ4n) is 2.14. The van der Waals surface area contributed by atoms with E-state index in [2.05, 4.69) is 0 Å². The van der Waals surface area contributed by atoms with Crippen molar-refractivity contribution < 1.29 is 13.5 Å². The lowest BCUT2D eigenvalue weighted by Crippen LogP contribution is -2.28. The molecule has 1 saturated heterocycles. The molecule has 0 bridgehead atoms. The van der Waals surface area contributed by atoms with E-state index >= 15 is 0 Å². The SMILES string of the molecule is N[C@H](c1c(F)cccc1F)C1CCOCC1. The summed E-state index contributed by atoms with van der Waals surface area (Å²) in [5, 5.41) is 0. The molecule has 0 aliphatic carbocycles. The van der Waals surface area contributed by atoms with Crippen molar-refractivity contribution in [2.24, 2.45) is 11.7 Å². The molecule has 0 radical (unpaired) electrons. The minimum atomic E-state index is -0.579. The molecule has 0 amide bonds. The minimum absolute atomic E-state index is 0.00870. The van der Waals surface area contributed by atoms with Gasteiger partial charge in [0.25, 0.3) is 0 Å². The first kappa shape index (κ1) is 11.5. The van der Waals surface area contributed by atoms with Crippen molar-refractivity contribution in [3.8, 4) is 0 Å². The largest absolute Gasteiger partial charge is 0.381 e. The number of rotatable bonds is 2. The van der Waals surface area contributed by atoms with Crippen LogP contribution in [0, 0.1) is 17.6 Å². The summed E-state index contributed by atoms with van der Waals surface area (Å²) in [6.07, 6.45) is 1.52. The molecule has 1 aliphatic rings. The number of ether oxygens (including phenoxy) is 1. The van der Waals surface area contributed by atoms with Crippen LogP contribution >= 0.6 is 0 Å². The van der Waals surface area contributed by atoms with E-state index in [1.54, 1.807) is 0 Å². The van der Waals surface area contributed by atoms with Gasteiger partial charge in [0, 0.05) is 24.8 Å². The Morgan fingerprint density at radius 1 is 1.19 bits per heavy atom. The second-order valence-electron chi connectivity index (χ2n) is 4.11. The summed E-state index contributed by atoms with van der Waals surface area (Å²) in [6, 6.07) is 3.27. The molecule has 2 rings (SSSR count). The molecule has 2 N–H and O–H groups in total. The molecule has 1 aliphatic heterocycles. The summed E-state index contributed by atoms with van der Waals surface area (Å²) in [5.41, 5.74) is 5.94. The second kappa shape index (κ2) is 4.89. The van der Waals surface area contributed by atoms with Crippen molar-refractivity contribution in [1.29, 1.82) is 0 Å². The highest BCUT2D eigenvalue weighted by molar-refractivity contribution is 5.23. The van der Waals surface area contributed by atoms with E-state index in [9.17, 15) is 8.78 Å². The van der Waals surface area contributed by atoms with Crippen molar-refractivity contribution in [2.75, 3.05) is 13.2 Å². The fourth-order valence-corrected chi connectivity index (χ4v) is 2.14. The van der Waals surface area contributed by atoms with Gasteiger partial charge in [0.1, 0.15) is 11.6 Å². The Morgan fingerprint density at radius 3 is 2.31 bits per heavy atom. The molecule has 1 aromatic rings. The summed E-state index contributed by atoms with van der Waals surface area (Å²) in [6.45, 7) is 1.24. The number of nitrogens with two attached hydrogens (primary N) is 1. The Bertz CT molecular complexity index is 344. The molecular formula is C12H15F2NO. The zero-order valence-electron chi connectivity index (χ0n) is 8.96. The molecule has 2 nitrogen and oxygen atoms in total. The Hall–Kier alpha value is -1.00. The second-order valence-corrected chi connectivity index (χ2v) is 4.11. The first-order valence-corrected chi connectivity index (χ1v) is 5.47. The van der Waals surface area contributed by atoms with Gasteiger partial charge in [0.15, 0.2) is 0 Å². The summed E-state index contributed by atoms with van der Waals surface area (Å²) in [5.74, 6) is -1.02. The van der Waals surface area contributed by atoms with Crippen LogP contribution in [0.2, 0.25) is 0 Å². The van der Waals surface area contributed by atoms with Gasteiger partial charge < -0.3 is 10.5 Å². The Labute approximate surface area is 93.4 Å². The first-order chi connectivity index (χ1) is 7.70. The van der Waals surface area contributed by atoms with Crippen molar-refractivity contribution in [3.63, 3.8) is 0 Å². The van der Waals surface area contributed by atoms with Crippen LogP contribution in [0.4, 0.5) is 8.78 Å². The minimum Gasteiger partial charge on any atom is -0.381 e. The monoisotopic (exact) mass is 227 g/mol. The molecule has 0 saturated carbocycles. The van der Waals surface area contributed by atoms with Crippen molar-refractivity contribution in [2.45, 2.75) is 18.9 Å². The van der Waals surface area contributed by atoms with Crippen LogP contribution in [-0.4, -0.2) is 13.2 Å². The number of halogens is 2. The van der Waals surface area contributed by atoms with Gasteiger partial charge in [-0.15, -0.1) is 0 Å². The Kier molecular flexibility index (Phi) is 3.51. The maximum atomic E-state index is 13.5. The smallest absolute Gasteiger partial charge is 0.130 e. The van der Waals surface area contributed by atoms with E-state index in [1.165, 1.54) is 18.2 Å². The highest BCUT2D eigenvalue weighted by Crippen LogP contribution is 2.30. The molecular weight excluding hydrogens is 212 g/mol. The highest BCUT2D eigenvalue weighted by atomic mass is 19.1. The first-order valence-electron chi connectivity index (χ1n) is 5.47. The van der Waals surface area contributed by atoms with Crippen molar-refractivity contribution in [1.82, 2.24) is 0 Å². The maximum Gasteiger partial charge on any atom is 0.130 e. The number of benzene rings is 1.